The van der Waals surface area contributed by atoms with Gasteiger partial charge in [-0.1, -0.05) is 212 Å². The number of likely N-dealkylation sites (N-methyl/N-ethyl adjacent to an activating group) is 1. The van der Waals surface area contributed by atoms with Gasteiger partial charge < -0.3 is 19.8 Å². The lowest BCUT2D eigenvalue weighted by Gasteiger charge is -2.25. The number of aliphatic hydroxyl groups is 1. The van der Waals surface area contributed by atoms with Gasteiger partial charge in [0.15, 0.2) is 0 Å². The zero-order valence-electron chi connectivity index (χ0n) is 39.8. The second-order valence-electron chi connectivity index (χ2n) is 18.5. The number of carbonyl (C=O) groups excluding carboxylic acids is 1. The molecule has 0 aliphatic carbocycles. The third kappa shape index (κ3) is 44.8. The van der Waals surface area contributed by atoms with Crippen molar-refractivity contribution in [2.45, 2.75) is 251 Å². The van der Waals surface area contributed by atoms with Crippen LogP contribution in [0.3, 0.4) is 0 Å². The van der Waals surface area contributed by atoms with Gasteiger partial charge in [-0.25, -0.2) is 4.57 Å². The highest BCUT2D eigenvalue weighted by Crippen LogP contribution is 2.43. The van der Waals surface area contributed by atoms with E-state index in [1.807, 2.05) is 27.2 Å². The zero-order valence-corrected chi connectivity index (χ0v) is 40.7. The Morgan fingerprint density at radius 2 is 0.915 bits per heavy atom. The van der Waals surface area contributed by atoms with Crippen LogP contribution in [0.5, 0.6) is 0 Å². The maximum Gasteiger partial charge on any atom is 0.472 e. The molecule has 0 heterocycles. The lowest BCUT2D eigenvalue weighted by Crippen LogP contribution is -2.45. The molecule has 0 aliphatic rings. The second-order valence-corrected chi connectivity index (χ2v) is 20.0. The highest BCUT2D eigenvalue weighted by Gasteiger charge is 2.27. The quantitative estimate of drug-likeness (QED) is 0.0244. The van der Waals surface area contributed by atoms with Crippen LogP contribution in [-0.2, 0) is 18.4 Å². The van der Waals surface area contributed by atoms with Gasteiger partial charge in [-0.05, 0) is 44.9 Å². The van der Waals surface area contributed by atoms with Crippen molar-refractivity contribution in [3.05, 3.63) is 24.3 Å². The van der Waals surface area contributed by atoms with Crippen LogP contribution < -0.4 is 5.32 Å². The fraction of sp³-hybridized carbons (Fsp3) is 0.900. The summed E-state index contributed by atoms with van der Waals surface area (Å²) < 4.78 is 23.6. The van der Waals surface area contributed by atoms with Gasteiger partial charge in [0.25, 0.3) is 0 Å². The van der Waals surface area contributed by atoms with E-state index in [2.05, 4.69) is 31.3 Å². The Kier molecular flexibility index (Phi) is 41.6. The van der Waals surface area contributed by atoms with E-state index < -0.39 is 20.0 Å². The number of phosphoric acid groups is 1. The highest BCUT2D eigenvalue weighted by molar-refractivity contribution is 7.47. The Hall–Kier alpha value is -1.02. The fourth-order valence-corrected chi connectivity index (χ4v) is 8.13. The van der Waals surface area contributed by atoms with Gasteiger partial charge in [0, 0.05) is 6.42 Å². The average Bonchev–Trinajstić information content (AvgIpc) is 3.19. The third-order valence-corrected chi connectivity index (χ3v) is 12.4. The molecular formula is C50H100N2O6P+. The molecule has 0 aromatic rings. The first-order chi connectivity index (χ1) is 28.5. The maximum atomic E-state index is 12.9. The second kappa shape index (κ2) is 42.3. The summed E-state index contributed by atoms with van der Waals surface area (Å²) in [5.41, 5.74) is 0. The van der Waals surface area contributed by atoms with Gasteiger partial charge >= 0.3 is 7.82 Å². The molecule has 0 saturated carbocycles. The maximum absolute atomic E-state index is 12.9. The Balaban J connectivity index is 4.17. The molecule has 3 unspecified atom stereocenters. The first-order valence-electron chi connectivity index (χ1n) is 25.2. The molecule has 8 nitrogen and oxygen atoms in total. The molecule has 9 heteroatoms. The molecule has 0 saturated heterocycles. The number of carbonyl (C=O) groups is 1. The number of hydrogen-bond acceptors (Lipinski definition) is 5. The minimum absolute atomic E-state index is 0.0630. The average molecular weight is 856 g/mol. The van der Waals surface area contributed by atoms with E-state index >= 15 is 0 Å². The molecule has 1 amide bonds. The molecule has 0 bridgehead atoms. The third-order valence-electron chi connectivity index (χ3n) is 11.4. The Labute approximate surface area is 366 Å². The predicted molar refractivity (Wildman–Crippen MR) is 254 cm³/mol. The fourth-order valence-electron chi connectivity index (χ4n) is 7.39. The number of aliphatic hydroxyl groups excluding tert-OH is 1. The largest absolute Gasteiger partial charge is 0.472 e. The van der Waals surface area contributed by atoms with Crippen LogP contribution in [0.15, 0.2) is 24.3 Å². The van der Waals surface area contributed by atoms with E-state index in [1.165, 1.54) is 180 Å². The van der Waals surface area contributed by atoms with E-state index in [9.17, 15) is 19.4 Å². The Morgan fingerprint density at radius 1 is 0.559 bits per heavy atom. The smallest absolute Gasteiger partial charge is 0.387 e. The first-order valence-corrected chi connectivity index (χ1v) is 26.7. The summed E-state index contributed by atoms with van der Waals surface area (Å²) in [6, 6.07) is -0.842. The van der Waals surface area contributed by atoms with Crippen molar-refractivity contribution >= 4 is 13.7 Å². The molecule has 350 valence electrons. The number of phosphoric ester groups is 1. The summed E-state index contributed by atoms with van der Waals surface area (Å²) in [6.07, 6.45) is 51.2. The van der Waals surface area contributed by atoms with E-state index in [0.29, 0.717) is 17.4 Å². The Morgan fingerprint density at radius 3 is 1.31 bits per heavy atom. The molecular weight excluding hydrogens is 756 g/mol. The van der Waals surface area contributed by atoms with Gasteiger partial charge in [0.1, 0.15) is 13.2 Å². The van der Waals surface area contributed by atoms with Crippen molar-refractivity contribution < 1.29 is 32.9 Å². The molecule has 3 atom stereocenters. The van der Waals surface area contributed by atoms with Gasteiger partial charge in [-0.3, -0.25) is 13.8 Å². The van der Waals surface area contributed by atoms with E-state index in [1.54, 1.807) is 6.08 Å². The number of rotatable bonds is 46. The number of unbranched alkanes of at least 4 members (excludes halogenated alkanes) is 31. The molecule has 0 rings (SSSR count). The van der Waals surface area contributed by atoms with Crippen molar-refractivity contribution in [1.82, 2.24) is 5.32 Å². The summed E-state index contributed by atoms with van der Waals surface area (Å²) in [6.45, 7) is 4.82. The number of quaternary nitrogens is 1. The summed E-state index contributed by atoms with van der Waals surface area (Å²) >= 11 is 0. The molecule has 3 N–H and O–H groups in total. The van der Waals surface area contributed by atoms with E-state index in [0.717, 1.165) is 38.5 Å². The minimum Gasteiger partial charge on any atom is -0.387 e. The number of hydrogen-bond donors (Lipinski definition) is 3. The van der Waals surface area contributed by atoms with Crippen LogP contribution >= 0.6 is 7.82 Å². The van der Waals surface area contributed by atoms with Crippen molar-refractivity contribution in [3.8, 4) is 0 Å². The Bertz CT molecular complexity index is 1020. The van der Waals surface area contributed by atoms with Crippen molar-refractivity contribution in [1.29, 1.82) is 0 Å². The molecule has 0 aromatic heterocycles. The van der Waals surface area contributed by atoms with Crippen molar-refractivity contribution in [2.75, 3.05) is 40.9 Å². The van der Waals surface area contributed by atoms with Crippen LogP contribution in [0.2, 0.25) is 0 Å². The lowest BCUT2D eigenvalue weighted by molar-refractivity contribution is -0.870. The molecule has 0 aromatic carbocycles. The summed E-state index contributed by atoms with van der Waals surface area (Å²) in [4.78, 5) is 23.2. The van der Waals surface area contributed by atoms with Crippen LogP contribution in [0.25, 0.3) is 0 Å². The van der Waals surface area contributed by atoms with Crippen LogP contribution in [-0.4, -0.2) is 73.4 Å². The molecule has 59 heavy (non-hydrogen) atoms. The van der Waals surface area contributed by atoms with Crippen molar-refractivity contribution in [3.63, 3.8) is 0 Å². The summed E-state index contributed by atoms with van der Waals surface area (Å²) in [7, 11) is 1.58. The minimum atomic E-state index is -4.33. The first kappa shape index (κ1) is 58.0. The van der Waals surface area contributed by atoms with Gasteiger partial charge in [-0.15, -0.1) is 0 Å². The predicted octanol–water partition coefficient (Wildman–Crippen LogP) is 14.5. The zero-order chi connectivity index (χ0) is 43.6. The molecule has 0 aliphatic heterocycles. The number of allylic oxidation sites excluding steroid dienone is 3. The van der Waals surface area contributed by atoms with Gasteiger partial charge in [0.2, 0.25) is 5.91 Å². The normalized spacial score (nSPS) is 14.4. The SMILES string of the molecule is CCCCCCCCCC/C=C\CCCCCCCCCCCCCCCC(=O)NC(COP(=O)(O)OCC[N+](C)(C)C)C(O)/C=C/CCCCCCCCCCCC. The van der Waals surface area contributed by atoms with E-state index in [-0.39, 0.29) is 19.1 Å². The van der Waals surface area contributed by atoms with Gasteiger partial charge in [0.05, 0.1) is 39.9 Å². The summed E-state index contributed by atoms with van der Waals surface area (Å²) in [5.74, 6) is -0.176. The monoisotopic (exact) mass is 856 g/mol. The number of nitrogens with one attached hydrogen (secondary N) is 1. The van der Waals surface area contributed by atoms with Crippen LogP contribution in [0.4, 0.5) is 0 Å². The summed E-state index contributed by atoms with van der Waals surface area (Å²) in [5, 5.41) is 13.8. The lowest BCUT2D eigenvalue weighted by atomic mass is 10.0. The molecule has 0 spiro atoms. The standard InChI is InChI=1S/C50H99N2O6P/c1-6-8-10-12-14-16-18-20-21-22-23-24-25-26-27-28-29-30-31-32-34-36-38-40-42-44-50(54)51-48(47-58-59(55,56)57-46-45-52(3,4)5)49(53)43-41-39-37-35-33-19-17-15-13-11-9-7-2/h22-23,41,43,48-49,53H,6-21,24-40,42,44-47H2,1-5H3,(H-,51,54,55,56)/p+1/b23-22-,43-41+. The highest BCUT2D eigenvalue weighted by atomic mass is 31.2. The topological polar surface area (TPSA) is 105 Å². The number of nitrogens with zero attached hydrogens (tertiary/aromatic N) is 1. The van der Waals surface area contributed by atoms with Crippen LogP contribution in [0, 0.1) is 0 Å². The number of amides is 1. The van der Waals surface area contributed by atoms with E-state index in [4.69, 9.17) is 9.05 Å². The van der Waals surface area contributed by atoms with Crippen LogP contribution in [0.1, 0.15) is 239 Å². The molecule has 0 radical (unpaired) electrons. The van der Waals surface area contributed by atoms with Gasteiger partial charge in [-0.2, -0.15) is 0 Å². The van der Waals surface area contributed by atoms with Crippen molar-refractivity contribution in [2.24, 2.45) is 0 Å². The molecule has 0 fully saturated rings.